The number of carboxylic acid groups (broad SMARTS) is 1. The molecule has 0 bridgehead atoms. The topological polar surface area (TPSA) is 72.5 Å². The summed E-state index contributed by atoms with van der Waals surface area (Å²) in [5.41, 5.74) is 5.02. The Hall–Kier alpha value is -1.21. The first kappa shape index (κ1) is 12.9. The van der Waals surface area contributed by atoms with Gasteiger partial charge in [0, 0.05) is 5.56 Å². The lowest BCUT2D eigenvalue weighted by atomic mass is 10.1. The summed E-state index contributed by atoms with van der Waals surface area (Å²) in [4.78, 5) is 10.6. The maximum atomic E-state index is 13.5. The van der Waals surface area contributed by atoms with Crippen molar-refractivity contribution in [3.63, 3.8) is 0 Å². The van der Waals surface area contributed by atoms with Gasteiger partial charge in [-0.05, 0) is 22.0 Å². The van der Waals surface area contributed by atoms with Crippen molar-refractivity contribution in [1.29, 1.82) is 0 Å². The maximum Gasteiger partial charge on any atom is 0.325 e. The van der Waals surface area contributed by atoms with Crippen LogP contribution in [0.1, 0.15) is 11.6 Å². The molecule has 0 aliphatic carbocycles. The molecule has 1 aromatic rings. The second kappa shape index (κ2) is 4.75. The number of benzene rings is 1. The van der Waals surface area contributed by atoms with Gasteiger partial charge >= 0.3 is 5.97 Å². The van der Waals surface area contributed by atoms with E-state index in [1.165, 1.54) is 0 Å². The second-order valence-electron chi connectivity index (χ2n) is 2.92. The molecule has 0 aliphatic heterocycles. The van der Waals surface area contributed by atoms with Gasteiger partial charge in [0.05, 0.1) is 11.6 Å². The largest absolute Gasteiger partial charge is 0.493 e. The number of nitrogens with two attached hydrogens (primary N) is 1. The Balaban J connectivity index is 3.44. The summed E-state index contributed by atoms with van der Waals surface area (Å²) in [6, 6.07) is -0.725. The van der Waals surface area contributed by atoms with Gasteiger partial charge in [-0.15, -0.1) is 0 Å². The van der Waals surface area contributed by atoms with Crippen molar-refractivity contribution in [2.75, 3.05) is 7.11 Å². The molecule has 0 aromatic heterocycles. The predicted molar refractivity (Wildman–Crippen MR) is 55.2 cm³/mol. The SMILES string of the molecule is COc1c(C(N)C(=O)O)cc(F)c(Br)c1F. The Morgan fingerprint density at radius 3 is 2.62 bits per heavy atom. The summed E-state index contributed by atoms with van der Waals surface area (Å²) in [7, 11) is 1.14. The Morgan fingerprint density at radius 2 is 2.19 bits per heavy atom. The van der Waals surface area contributed by atoms with Gasteiger partial charge in [-0.2, -0.15) is 0 Å². The number of carboxylic acids is 1. The molecular weight excluding hydrogens is 288 g/mol. The van der Waals surface area contributed by atoms with Crippen molar-refractivity contribution < 1.29 is 23.4 Å². The third kappa shape index (κ3) is 2.14. The van der Waals surface area contributed by atoms with E-state index in [0.29, 0.717) is 0 Å². The van der Waals surface area contributed by atoms with Crippen LogP contribution in [-0.4, -0.2) is 18.2 Å². The van der Waals surface area contributed by atoms with E-state index in [4.69, 9.17) is 10.8 Å². The Bertz CT molecular complexity index is 439. The Kier molecular flexibility index (Phi) is 3.82. The highest BCUT2D eigenvalue weighted by atomic mass is 79.9. The zero-order valence-electron chi connectivity index (χ0n) is 8.13. The molecule has 16 heavy (non-hydrogen) atoms. The van der Waals surface area contributed by atoms with Crippen LogP contribution < -0.4 is 10.5 Å². The molecule has 88 valence electrons. The summed E-state index contributed by atoms with van der Waals surface area (Å²) in [5.74, 6) is -3.75. The predicted octanol–water partition coefficient (Wildman–Crippen LogP) is 1.82. The first-order valence-corrected chi connectivity index (χ1v) is 4.89. The first-order chi connectivity index (χ1) is 7.40. The summed E-state index contributed by atoms with van der Waals surface area (Å²) >= 11 is 2.67. The molecule has 0 saturated heterocycles. The number of ether oxygens (including phenoxy) is 1. The minimum Gasteiger partial charge on any atom is -0.493 e. The van der Waals surface area contributed by atoms with Crippen molar-refractivity contribution in [2.24, 2.45) is 5.73 Å². The van der Waals surface area contributed by atoms with Gasteiger partial charge < -0.3 is 15.6 Å². The van der Waals surface area contributed by atoms with Gasteiger partial charge in [-0.1, -0.05) is 0 Å². The van der Waals surface area contributed by atoms with Crippen molar-refractivity contribution in [3.05, 3.63) is 27.7 Å². The standard InChI is InChI=1S/C9H8BrF2NO3/c1-16-8-3(7(13)9(14)15)2-4(11)5(10)6(8)12/h2,7H,13H2,1H3,(H,14,15). The van der Waals surface area contributed by atoms with Crippen LogP contribution >= 0.6 is 15.9 Å². The zero-order chi connectivity index (χ0) is 12.5. The van der Waals surface area contributed by atoms with E-state index in [0.717, 1.165) is 13.2 Å². The van der Waals surface area contributed by atoms with Crippen LogP contribution in [0.15, 0.2) is 10.5 Å². The molecule has 3 N–H and O–H groups in total. The number of methoxy groups -OCH3 is 1. The van der Waals surface area contributed by atoms with E-state index in [-0.39, 0.29) is 11.3 Å². The average molecular weight is 296 g/mol. The van der Waals surface area contributed by atoms with Gasteiger partial charge in [0.15, 0.2) is 11.6 Å². The lowest BCUT2D eigenvalue weighted by Crippen LogP contribution is -2.22. The van der Waals surface area contributed by atoms with Crippen molar-refractivity contribution in [3.8, 4) is 5.75 Å². The lowest BCUT2D eigenvalue weighted by molar-refractivity contribution is -0.138. The van der Waals surface area contributed by atoms with Crippen molar-refractivity contribution in [1.82, 2.24) is 0 Å². The molecule has 1 atom stereocenters. The second-order valence-corrected chi connectivity index (χ2v) is 3.72. The maximum absolute atomic E-state index is 13.5. The first-order valence-electron chi connectivity index (χ1n) is 4.10. The van der Waals surface area contributed by atoms with E-state index in [2.05, 4.69) is 20.7 Å². The molecule has 1 aromatic carbocycles. The molecule has 0 heterocycles. The van der Waals surface area contributed by atoms with Crippen LogP contribution in [0.25, 0.3) is 0 Å². The number of rotatable bonds is 3. The number of carbonyl (C=O) groups is 1. The van der Waals surface area contributed by atoms with Gasteiger partial charge in [0.1, 0.15) is 11.9 Å². The normalized spacial score (nSPS) is 12.3. The zero-order valence-corrected chi connectivity index (χ0v) is 9.72. The van der Waals surface area contributed by atoms with Crippen molar-refractivity contribution in [2.45, 2.75) is 6.04 Å². The quantitative estimate of drug-likeness (QED) is 0.835. The molecule has 0 radical (unpaired) electrons. The number of hydrogen-bond donors (Lipinski definition) is 2. The highest BCUT2D eigenvalue weighted by molar-refractivity contribution is 9.10. The summed E-state index contributed by atoms with van der Waals surface area (Å²) in [6.45, 7) is 0. The van der Waals surface area contributed by atoms with Crippen LogP contribution in [0.3, 0.4) is 0 Å². The van der Waals surface area contributed by atoms with E-state index in [1.54, 1.807) is 0 Å². The third-order valence-electron chi connectivity index (χ3n) is 1.95. The fourth-order valence-corrected chi connectivity index (χ4v) is 1.46. The molecule has 0 aliphatic rings. The fraction of sp³-hybridized carbons (Fsp3) is 0.222. The molecule has 4 nitrogen and oxygen atoms in total. The van der Waals surface area contributed by atoms with Crippen LogP contribution in [0.5, 0.6) is 5.75 Å². The third-order valence-corrected chi connectivity index (χ3v) is 2.68. The molecule has 0 amide bonds. The van der Waals surface area contributed by atoms with Gasteiger partial charge in [-0.3, -0.25) is 4.79 Å². The van der Waals surface area contributed by atoms with Crippen LogP contribution in [0.4, 0.5) is 8.78 Å². The molecule has 1 unspecified atom stereocenters. The molecule has 0 fully saturated rings. The van der Waals surface area contributed by atoms with E-state index in [9.17, 15) is 13.6 Å². The lowest BCUT2D eigenvalue weighted by Gasteiger charge is -2.14. The minimum atomic E-state index is -1.55. The van der Waals surface area contributed by atoms with E-state index < -0.39 is 28.1 Å². The van der Waals surface area contributed by atoms with Crippen LogP contribution in [-0.2, 0) is 4.79 Å². The van der Waals surface area contributed by atoms with Gasteiger partial charge in [-0.25, -0.2) is 8.78 Å². The molecule has 7 heteroatoms. The van der Waals surface area contributed by atoms with Gasteiger partial charge in [0.2, 0.25) is 0 Å². The summed E-state index contributed by atoms with van der Waals surface area (Å²) < 4.78 is 30.9. The Labute approximate surface area is 98.1 Å². The van der Waals surface area contributed by atoms with Gasteiger partial charge in [0.25, 0.3) is 0 Å². The Morgan fingerprint density at radius 1 is 1.62 bits per heavy atom. The van der Waals surface area contributed by atoms with E-state index >= 15 is 0 Å². The van der Waals surface area contributed by atoms with Crippen LogP contribution in [0.2, 0.25) is 0 Å². The number of aliphatic carboxylic acids is 1. The molecule has 0 saturated carbocycles. The van der Waals surface area contributed by atoms with Crippen LogP contribution in [0, 0.1) is 11.6 Å². The molecular formula is C9H8BrF2NO3. The average Bonchev–Trinajstić information content (AvgIpc) is 2.24. The smallest absolute Gasteiger partial charge is 0.325 e. The van der Waals surface area contributed by atoms with Crippen molar-refractivity contribution >= 4 is 21.9 Å². The van der Waals surface area contributed by atoms with E-state index in [1.807, 2.05) is 0 Å². The minimum absolute atomic E-state index is 0.256. The monoisotopic (exact) mass is 295 g/mol. The molecule has 0 spiro atoms. The summed E-state index contributed by atoms with van der Waals surface area (Å²) in [6.07, 6.45) is 0. The highest BCUT2D eigenvalue weighted by Gasteiger charge is 2.25. The fourth-order valence-electron chi connectivity index (χ4n) is 1.17. The highest BCUT2D eigenvalue weighted by Crippen LogP contribution is 2.34. The number of halogens is 3. The number of hydrogen-bond acceptors (Lipinski definition) is 3. The summed E-state index contributed by atoms with van der Waals surface area (Å²) in [5, 5.41) is 8.67. The molecule has 1 rings (SSSR count).